The zero-order valence-corrected chi connectivity index (χ0v) is 7.90. The highest BCUT2D eigenvalue weighted by Gasteiger charge is 2.10. The zero-order chi connectivity index (χ0) is 10.0. The van der Waals surface area contributed by atoms with Crippen LogP contribution in [0.2, 0.25) is 0 Å². The van der Waals surface area contributed by atoms with Gasteiger partial charge in [-0.1, -0.05) is 0 Å². The summed E-state index contributed by atoms with van der Waals surface area (Å²) in [7, 11) is 1.79. The number of amides is 1. The van der Waals surface area contributed by atoms with Crippen molar-refractivity contribution in [3.05, 3.63) is 11.8 Å². The monoisotopic (exact) mass is 183 g/mol. The molecule has 1 amide bonds. The lowest BCUT2D eigenvalue weighted by molar-refractivity contribution is -0.123. The molecule has 1 heterocycles. The number of carbonyl (C=O) groups is 1. The van der Waals surface area contributed by atoms with E-state index in [1.165, 1.54) is 6.92 Å². The van der Waals surface area contributed by atoms with Gasteiger partial charge < -0.3 is 10.4 Å². The van der Waals surface area contributed by atoms with Crippen LogP contribution in [0, 0.1) is 6.92 Å². The van der Waals surface area contributed by atoms with Crippen molar-refractivity contribution in [3.63, 3.8) is 0 Å². The van der Waals surface area contributed by atoms with Gasteiger partial charge in [-0.25, -0.2) is 0 Å². The largest absolute Gasteiger partial charge is 0.384 e. The highest BCUT2D eigenvalue weighted by Crippen LogP contribution is 2.06. The van der Waals surface area contributed by atoms with E-state index in [1.54, 1.807) is 17.8 Å². The molecular formula is C8H13N3O2. The second-order valence-electron chi connectivity index (χ2n) is 2.96. The van der Waals surface area contributed by atoms with E-state index in [0.29, 0.717) is 5.82 Å². The Morgan fingerprint density at radius 1 is 1.77 bits per heavy atom. The van der Waals surface area contributed by atoms with Crippen LogP contribution in [0.5, 0.6) is 0 Å². The maximum absolute atomic E-state index is 11.0. The quantitative estimate of drug-likeness (QED) is 0.680. The minimum atomic E-state index is -1.01. The number of aliphatic hydroxyl groups excluding tert-OH is 1. The molecule has 0 aromatic carbocycles. The van der Waals surface area contributed by atoms with E-state index in [2.05, 4.69) is 10.4 Å². The molecule has 0 aliphatic carbocycles. The van der Waals surface area contributed by atoms with Gasteiger partial charge in [0.2, 0.25) is 0 Å². The molecule has 0 spiro atoms. The summed E-state index contributed by atoms with van der Waals surface area (Å²) >= 11 is 0. The summed E-state index contributed by atoms with van der Waals surface area (Å²) in [5.41, 5.74) is 0.945. The number of aliphatic hydroxyl groups is 1. The first-order chi connectivity index (χ1) is 6.00. The molecule has 0 fully saturated rings. The molecule has 1 atom stereocenters. The lowest BCUT2D eigenvalue weighted by atomic mass is 10.4. The van der Waals surface area contributed by atoms with Gasteiger partial charge in [0.25, 0.3) is 5.91 Å². The number of carbonyl (C=O) groups excluding carboxylic acids is 1. The molecule has 5 heteroatoms. The highest BCUT2D eigenvalue weighted by atomic mass is 16.3. The van der Waals surface area contributed by atoms with Crippen molar-refractivity contribution in [2.24, 2.45) is 7.05 Å². The van der Waals surface area contributed by atoms with Gasteiger partial charge in [-0.15, -0.1) is 0 Å². The molecule has 0 saturated carbocycles. The minimum absolute atomic E-state index is 0.446. The summed E-state index contributed by atoms with van der Waals surface area (Å²) < 4.78 is 1.65. The predicted molar refractivity (Wildman–Crippen MR) is 48.3 cm³/mol. The summed E-state index contributed by atoms with van der Waals surface area (Å²) in [5, 5.41) is 15.4. The van der Waals surface area contributed by atoms with Gasteiger partial charge in [0, 0.05) is 18.8 Å². The second-order valence-corrected chi connectivity index (χ2v) is 2.96. The van der Waals surface area contributed by atoms with Gasteiger partial charge in [-0.2, -0.15) is 5.10 Å². The number of nitrogens with zero attached hydrogens (tertiary/aromatic N) is 2. The molecule has 0 unspecified atom stereocenters. The number of aromatic nitrogens is 2. The van der Waals surface area contributed by atoms with Crippen molar-refractivity contribution in [1.29, 1.82) is 0 Å². The molecule has 1 aromatic rings. The Morgan fingerprint density at radius 3 is 2.77 bits per heavy atom. The zero-order valence-electron chi connectivity index (χ0n) is 7.90. The normalized spacial score (nSPS) is 12.6. The molecule has 1 rings (SSSR count). The van der Waals surface area contributed by atoms with E-state index in [9.17, 15) is 4.79 Å². The first-order valence-corrected chi connectivity index (χ1v) is 4.00. The SMILES string of the molecule is Cc1cc(NC(=O)[C@H](C)O)nn1C. The summed E-state index contributed by atoms with van der Waals surface area (Å²) in [6, 6.07) is 1.74. The van der Waals surface area contributed by atoms with Gasteiger partial charge in [-0.3, -0.25) is 9.48 Å². The molecule has 0 saturated heterocycles. The maximum Gasteiger partial charge on any atom is 0.254 e. The van der Waals surface area contributed by atoms with Gasteiger partial charge in [0.15, 0.2) is 5.82 Å². The van der Waals surface area contributed by atoms with Crippen LogP contribution in [0.3, 0.4) is 0 Å². The maximum atomic E-state index is 11.0. The van der Waals surface area contributed by atoms with Gasteiger partial charge in [0.1, 0.15) is 6.10 Å². The lowest BCUT2D eigenvalue weighted by Crippen LogP contribution is -2.24. The topological polar surface area (TPSA) is 67.2 Å². The van der Waals surface area contributed by atoms with Crippen molar-refractivity contribution in [2.75, 3.05) is 5.32 Å². The molecule has 2 N–H and O–H groups in total. The van der Waals surface area contributed by atoms with Crippen LogP contribution in [0.1, 0.15) is 12.6 Å². The average Bonchev–Trinajstić information content (AvgIpc) is 2.31. The van der Waals surface area contributed by atoms with Crippen molar-refractivity contribution in [3.8, 4) is 0 Å². The summed E-state index contributed by atoms with van der Waals surface area (Å²) in [6.07, 6.45) is -1.01. The standard InChI is InChI=1S/C8H13N3O2/c1-5-4-7(10-11(5)3)9-8(13)6(2)12/h4,6,12H,1-3H3,(H,9,10,13)/t6-/m0/s1. The second kappa shape index (κ2) is 3.57. The van der Waals surface area contributed by atoms with Crippen molar-refractivity contribution >= 4 is 11.7 Å². The minimum Gasteiger partial charge on any atom is -0.384 e. The van der Waals surface area contributed by atoms with Gasteiger partial charge in [-0.05, 0) is 13.8 Å². The van der Waals surface area contributed by atoms with E-state index in [1.807, 2.05) is 6.92 Å². The van der Waals surface area contributed by atoms with Gasteiger partial charge >= 0.3 is 0 Å². The first-order valence-electron chi connectivity index (χ1n) is 4.00. The van der Waals surface area contributed by atoms with Crippen LogP contribution in [0.4, 0.5) is 5.82 Å². The van der Waals surface area contributed by atoms with Crippen LogP contribution in [-0.2, 0) is 11.8 Å². The number of anilines is 1. The van der Waals surface area contributed by atoms with Gasteiger partial charge in [0.05, 0.1) is 0 Å². The molecule has 1 aromatic heterocycles. The highest BCUT2D eigenvalue weighted by molar-refractivity contribution is 5.92. The summed E-state index contributed by atoms with van der Waals surface area (Å²) in [5.74, 6) is 0.0176. The predicted octanol–water partition coefficient (Wildman–Crippen LogP) is 0.0478. The molecule has 13 heavy (non-hydrogen) atoms. The Hall–Kier alpha value is -1.36. The molecule has 0 aliphatic heterocycles. The third kappa shape index (κ3) is 2.29. The fourth-order valence-electron chi connectivity index (χ4n) is 0.852. The van der Waals surface area contributed by atoms with Crippen molar-refractivity contribution in [1.82, 2.24) is 9.78 Å². The fourth-order valence-corrected chi connectivity index (χ4v) is 0.852. The number of nitrogens with one attached hydrogen (secondary N) is 1. The fraction of sp³-hybridized carbons (Fsp3) is 0.500. The molecular weight excluding hydrogens is 170 g/mol. The number of aryl methyl sites for hydroxylation is 2. The lowest BCUT2D eigenvalue weighted by Gasteiger charge is -2.02. The molecule has 0 bridgehead atoms. The van der Waals surface area contributed by atoms with Crippen LogP contribution in [0.15, 0.2) is 6.07 Å². The molecule has 5 nitrogen and oxygen atoms in total. The van der Waals surface area contributed by atoms with E-state index in [0.717, 1.165) is 5.69 Å². The van der Waals surface area contributed by atoms with Crippen LogP contribution < -0.4 is 5.32 Å². The Kier molecular flexibility index (Phi) is 2.67. The smallest absolute Gasteiger partial charge is 0.254 e. The Bertz CT molecular complexity index is 298. The van der Waals surface area contributed by atoms with Crippen molar-refractivity contribution in [2.45, 2.75) is 20.0 Å². The summed E-state index contributed by atoms with van der Waals surface area (Å²) in [6.45, 7) is 3.29. The third-order valence-corrected chi connectivity index (χ3v) is 1.74. The first kappa shape index (κ1) is 9.73. The van der Waals surface area contributed by atoms with Crippen LogP contribution in [0.25, 0.3) is 0 Å². The van der Waals surface area contributed by atoms with Crippen LogP contribution >= 0.6 is 0 Å². The Labute approximate surface area is 76.4 Å². The van der Waals surface area contributed by atoms with E-state index in [4.69, 9.17) is 5.11 Å². The third-order valence-electron chi connectivity index (χ3n) is 1.74. The van der Waals surface area contributed by atoms with E-state index in [-0.39, 0.29) is 0 Å². The number of hydrogen-bond acceptors (Lipinski definition) is 3. The molecule has 72 valence electrons. The van der Waals surface area contributed by atoms with E-state index >= 15 is 0 Å². The van der Waals surface area contributed by atoms with Crippen molar-refractivity contribution < 1.29 is 9.90 Å². The average molecular weight is 183 g/mol. The Balaban J connectivity index is 2.70. The number of hydrogen-bond donors (Lipinski definition) is 2. The molecule has 0 aliphatic rings. The molecule has 0 radical (unpaired) electrons. The van der Waals surface area contributed by atoms with Crippen LogP contribution in [-0.4, -0.2) is 26.9 Å². The Morgan fingerprint density at radius 2 is 2.38 bits per heavy atom. The number of rotatable bonds is 2. The summed E-state index contributed by atoms with van der Waals surface area (Å²) in [4.78, 5) is 11.0. The van der Waals surface area contributed by atoms with E-state index < -0.39 is 12.0 Å².